The van der Waals surface area contributed by atoms with E-state index in [2.05, 4.69) is 10.2 Å². The predicted octanol–water partition coefficient (Wildman–Crippen LogP) is 1.42. The van der Waals surface area contributed by atoms with Gasteiger partial charge in [-0.15, -0.1) is 11.3 Å². The largest absolute Gasteiger partial charge is 0.478 e. The highest BCUT2D eigenvalue weighted by Crippen LogP contribution is 2.21. The molecule has 0 saturated heterocycles. The van der Waals surface area contributed by atoms with Crippen molar-refractivity contribution < 1.29 is 18.3 Å². The van der Waals surface area contributed by atoms with Crippen LogP contribution in [0, 0.1) is 0 Å². The van der Waals surface area contributed by atoms with Crippen LogP contribution in [0.2, 0.25) is 0 Å². The number of aromatic carboxylic acids is 1. The molecule has 0 bridgehead atoms. The first-order chi connectivity index (χ1) is 9.84. The van der Waals surface area contributed by atoms with Gasteiger partial charge in [0.25, 0.3) is 10.0 Å². The summed E-state index contributed by atoms with van der Waals surface area (Å²) >= 11 is 1.55. The first kappa shape index (κ1) is 15.7. The summed E-state index contributed by atoms with van der Waals surface area (Å²) in [5.41, 5.74) is -0.356. The van der Waals surface area contributed by atoms with Crippen LogP contribution in [0.4, 0.5) is 0 Å². The molecule has 0 aromatic carbocycles. The smallest absolute Gasteiger partial charge is 0.340 e. The van der Waals surface area contributed by atoms with E-state index in [1.54, 1.807) is 18.3 Å². The lowest BCUT2D eigenvalue weighted by Gasteiger charge is -2.23. The topological polar surface area (TPSA) is 103 Å². The fourth-order valence-electron chi connectivity index (χ4n) is 1.85. The maximum absolute atomic E-state index is 12.5. The number of rotatable bonds is 6. The average Bonchev–Trinajstić information content (AvgIpc) is 3.08. The second-order valence-electron chi connectivity index (χ2n) is 4.57. The van der Waals surface area contributed by atoms with Crippen LogP contribution in [-0.2, 0) is 16.4 Å². The van der Waals surface area contributed by atoms with Crippen LogP contribution >= 0.6 is 11.3 Å². The van der Waals surface area contributed by atoms with Crippen molar-refractivity contribution in [2.75, 3.05) is 7.05 Å². The molecule has 0 radical (unpaired) electrons. The summed E-state index contributed by atoms with van der Waals surface area (Å²) in [6, 6.07) is 3.53. The molecule has 9 heteroatoms. The highest BCUT2D eigenvalue weighted by atomic mass is 32.2. The fraction of sp³-hybridized carbons (Fsp3) is 0.333. The lowest BCUT2D eigenvalue weighted by Crippen LogP contribution is -2.37. The maximum Gasteiger partial charge on any atom is 0.340 e. The number of H-pyrrole nitrogens is 1. The van der Waals surface area contributed by atoms with Gasteiger partial charge in [0.15, 0.2) is 5.03 Å². The molecule has 2 heterocycles. The quantitative estimate of drug-likeness (QED) is 0.834. The van der Waals surface area contributed by atoms with E-state index in [0.717, 1.165) is 15.4 Å². The van der Waals surface area contributed by atoms with Crippen molar-refractivity contribution in [2.24, 2.45) is 0 Å². The Labute approximate surface area is 126 Å². The predicted molar refractivity (Wildman–Crippen MR) is 78.0 cm³/mol. The van der Waals surface area contributed by atoms with Gasteiger partial charge in [0, 0.05) is 18.0 Å². The Hall–Kier alpha value is -1.71. The third-order valence-corrected chi connectivity index (χ3v) is 6.01. The fourth-order valence-corrected chi connectivity index (χ4v) is 4.10. The van der Waals surface area contributed by atoms with Crippen molar-refractivity contribution in [3.8, 4) is 0 Å². The number of likely N-dealkylation sites (N-methyl/N-ethyl adjacent to an activating group) is 1. The van der Waals surface area contributed by atoms with Gasteiger partial charge in [0.2, 0.25) is 0 Å². The Kier molecular flexibility index (Phi) is 4.45. The highest BCUT2D eigenvalue weighted by molar-refractivity contribution is 7.89. The molecule has 0 fully saturated rings. The van der Waals surface area contributed by atoms with E-state index < -0.39 is 21.0 Å². The number of aromatic amines is 1. The molecule has 114 valence electrons. The second-order valence-corrected chi connectivity index (χ2v) is 7.54. The maximum atomic E-state index is 12.5. The van der Waals surface area contributed by atoms with Crippen LogP contribution in [0.15, 0.2) is 28.7 Å². The Morgan fingerprint density at radius 3 is 2.86 bits per heavy atom. The van der Waals surface area contributed by atoms with Gasteiger partial charge in [0.1, 0.15) is 5.56 Å². The van der Waals surface area contributed by atoms with Gasteiger partial charge in [-0.3, -0.25) is 5.10 Å². The van der Waals surface area contributed by atoms with Crippen molar-refractivity contribution >= 4 is 27.3 Å². The van der Waals surface area contributed by atoms with Crippen molar-refractivity contribution in [3.63, 3.8) is 0 Å². The molecule has 0 spiro atoms. The lowest BCUT2D eigenvalue weighted by molar-refractivity contribution is 0.0692. The number of hydrogen-bond donors (Lipinski definition) is 2. The molecule has 2 aromatic rings. The molecule has 0 aliphatic carbocycles. The Morgan fingerprint density at radius 1 is 1.57 bits per heavy atom. The summed E-state index contributed by atoms with van der Waals surface area (Å²) < 4.78 is 26.1. The monoisotopic (exact) mass is 329 g/mol. The number of carboxylic acids is 1. The number of hydrogen-bond acceptors (Lipinski definition) is 5. The Bertz CT molecular complexity index is 722. The summed E-state index contributed by atoms with van der Waals surface area (Å²) in [6.45, 7) is 1.77. The second kappa shape index (κ2) is 5.96. The summed E-state index contributed by atoms with van der Waals surface area (Å²) in [6.07, 6.45) is 1.55. The van der Waals surface area contributed by atoms with Gasteiger partial charge in [-0.1, -0.05) is 6.07 Å². The number of aromatic nitrogens is 2. The van der Waals surface area contributed by atoms with Crippen LogP contribution in [0.25, 0.3) is 0 Å². The van der Waals surface area contributed by atoms with E-state index >= 15 is 0 Å². The van der Waals surface area contributed by atoms with Gasteiger partial charge in [0.05, 0.1) is 6.20 Å². The summed E-state index contributed by atoms with van der Waals surface area (Å²) in [7, 11) is -2.50. The van der Waals surface area contributed by atoms with E-state index in [1.165, 1.54) is 7.05 Å². The van der Waals surface area contributed by atoms with Crippen molar-refractivity contribution in [3.05, 3.63) is 34.2 Å². The Morgan fingerprint density at radius 2 is 2.29 bits per heavy atom. The van der Waals surface area contributed by atoms with E-state index in [9.17, 15) is 13.2 Å². The van der Waals surface area contributed by atoms with Gasteiger partial charge >= 0.3 is 5.97 Å². The number of carbonyl (C=O) groups is 1. The van der Waals surface area contributed by atoms with Gasteiger partial charge in [-0.25, -0.2) is 13.2 Å². The zero-order valence-electron chi connectivity index (χ0n) is 11.5. The SMILES string of the molecule is CC(Cc1cccs1)N(C)S(=O)(=O)c1[nH]ncc1C(=O)O. The zero-order valence-corrected chi connectivity index (χ0v) is 13.1. The molecule has 2 rings (SSSR count). The lowest BCUT2D eigenvalue weighted by atomic mass is 10.2. The van der Waals surface area contributed by atoms with Crippen molar-refractivity contribution in [2.45, 2.75) is 24.4 Å². The van der Waals surface area contributed by atoms with Crippen LogP contribution in [-0.4, -0.2) is 47.1 Å². The molecule has 1 unspecified atom stereocenters. The molecular weight excluding hydrogens is 314 g/mol. The van der Waals surface area contributed by atoms with E-state index in [0.29, 0.717) is 6.42 Å². The van der Waals surface area contributed by atoms with E-state index in [1.807, 2.05) is 17.5 Å². The van der Waals surface area contributed by atoms with Crippen molar-refractivity contribution in [1.82, 2.24) is 14.5 Å². The van der Waals surface area contributed by atoms with Crippen LogP contribution in [0.5, 0.6) is 0 Å². The standard InChI is InChI=1S/C12H15N3O4S2/c1-8(6-9-4-3-5-20-9)15(2)21(18,19)11-10(12(16)17)7-13-14-11/h3-5,7-8H,6H2,1-2H3,(H,13,14)(H,16,17). The average molecular weight is 329 g/mol. The minimum atomic E-state index is -3.93. The first-order valence-electron chi connectivity index (χ1n) is 6.11. The minimum absolute atomic E-state index is 0.307. The highest BCUT2D eigenvalue weighted by Gasteiger charge is 2.31. The molecule has 2 aromatic heterocycles. The summed E-state index contributed by atoms with van der Waals surface area (Å²) in [4.78, 5) is 12.1. The molecule has 7 nitrogen and oxygen atoms in total. The van der Waals surface area contributed by atoms with E-state index in [4.69, 9.17) is 5.11 Å². The summed E-state index contributed by atoms with van der Waals surface area (Å²) in [5, 5.41) is 16.3. The molecule has 2 N–H and O–H groups in total. The van der Waals surface area contributed by atoms with Gasteiger partial charge in [-0.2, -0.15) is 9.40 Å². The number of sulfonamides is 1. The zero-order chi connectivity index (χ0) is 15.6. The molecule has 1 atom stereocenters. The van der Waals surface area contributed by atoms with Crippen molar-refractivity contribution in [1.29, 1.82) is 0 Å². The molecular formula is C12H15N3O4S2. The van der Waals surface area contributed by atoms with Gasteiger partial charge < -0.3 is 5.11 Å². The molecule has 0 aliphatic heterocycles. The third kappa shape index (κ3) is 3.14. The molecule has 0 amide bonds. The van der Waals surface area contributed by atoms with Crippen LogP contribution in [0.3, 0.4) is 0 Å². The number of thiophene rings is 1. The Balaban J connectivity index is 2.26. The minimum Gasteiger partial charge on any atom is -0.478 e. The number of nitrogens with zero attached hydrogens (tertiary/aromatic N) is 2. The molecule has 21 heavy (non-hydrogen) atoms. The third-order valence-electron chi connectivity index (χ3n) is 3.17. The number of nitrogens with one attached hydrogen (secondary N) is 1. The molecule has 0 aliphatic rings. The van der Waals surface area contributed by atoms with E-state index in [-0.39, 0.29) is 11.6 Å². The van der Waals surface area contributed by atoms with Gasteiger partial charge in [-0.05, 0) is 24.8 Å². The van der Waals surface area contributed by atoms with Crippen LogP contribution < -0.4 is 0 Å². The normalized spacial score (nSPS) is 13.5. The summed E-state index contributed by atoms with van der Waals surface area (Å²) in [5.74, 6) is -1.33. The first-order valence-corrected chi connectivity index (χ1v) is 8.43. The number of carboxylic acid groups (broad SMARTS) is 1. The molecule has 0 saturated carbocycles. The van der Waals surface area contributed by atoms with Crippen LogP contribution in [0.1, 0.15) is 22.2 Å².